The molecule has 0 radical (unpaired) electrons. The van der Waals surface area contributed by atoms with Gasteiger partial charge in [0.15, 0.2) is 18.1 Å². The molecule has 0 atom stereocenters. The van der Waals surface area contributed by atoms with Gasteiger partial charge in [0.25, 0.3) is 5.91 Å². The number of amides is 1. The largest absolute Gasteiger partial charge is 0.490 e. The molecule has 2 rings (SSSR count). The van der Waals surface area contributed by atoms with Crippen molar-refractivity contribution >= 4 is 34.8 Å². The van der Waals surface area contributed by atoms with Crippen LogP contribution in [0.25, 0.3) is 0 Å². The Kier molecular flexibility index (Phi) is 7.84. The number of halogens is 2. The van der Waals surface area contributed by atoms with Crippen LogP contribution in [0.1, 0.15) is 33.3 Å². The molecule has 152 valence electrons. The van der Waals surface area contributed by atoms with Crippen LogP contribution in [0.3, 0.4) is 0 Å². The first-order valence-corrected chi connectivity index (χ1v) is 9.82. The molecule has 0 spiro atoms. The lowest BCUT2D eigenvalue weighted by molar-refractivity contribution is -0.124. The van der Waals surface area contributed by atoms with Gasteiger partial charge < -0.3 is 20.1 Å². The zero-order valence-electron chi connectivity index (χ0n) is 16.6. The van der Waals surface area contributed by atoms with Crippen LogP contribution in [-0.2, 0) is 11.3 Å². The Morgan fingerprint density at radius 1 is 1.04 bits per heavy atom. The van der Waals surface area contributed by atoms with Gasteiger partial charge in [0, 0.05) is 33.9 Å². The molecule has 5 nitrogen and oxygen atoms in total. The van der Waals surface area contributed by atoms with Crippen molar-refractivity contribution in [1.29, 1.82) is 0 Å². The average Bonchev–Trinajstić information content (AvgIpc) is 2.60. The molecule has 0 fully saturated rings. The van der Waals surface area contributed by atoms with E-state index in [9.17, 15) is 4.79 Å². The fourth-order valence-corrected chi connectivity index (χ4v) is 2.80. The lowest BCUT2D eigenvalue weighted by Crippen LogP contribution is -2.43. The Morgan fingerprint density at radius 2 is 1.68 bits per heavy atom. The van der Waals surface area contributed by atoms with Crippen LogP contribution < -0.4 is 20.1 Å². The number of carbonyl (C=O) groups excluding carboxylic acids is 1. The van der Waals surface area contributed by atoms with Crippen LogP contribution in [0.5, 0.6) is 11.5 Å². The summed E-state index contributed by atoms with van der Waals surface area (Å²) in [6.45, 7) is 8.48. The molecule has 0 unspecified atom stereocenters. The lowest BCUT2D eigenvalue weighted by Gasteiger charge is -2.21. The van der Waals surface area contributed by atoms with Gasteiger partial charge in [0.1, 0.15) is 0 Å². The third kappa shape index (κ3) is 7.13. The van der Waals surface area contributed by atoms with E-state index in [4.69, 9.17) is 32.7 Å². The summed E-state index contributed by atoms with van der Waals surface area (Å²) in [5, 5.41) is 7.35. The van der Waals surface area contributed by atoms with Gasteiger partial charge >= 0.3 is 0 Å². The summed E-state index contributed by atoms with van der Waals surface area (Å²) in [6, 6.07) is 10.9. The highest BCUT2D eigenvalue weighted by molar-refractivity contribution is 6.31. The second kappa shape index (κ2) is 9.89. The van der Waals surface area contributed by atoms with Crippen LogP contribution >= 0.6 is 23.2 Å². The SMILES string of the molecule is CCOc1cc(CNc2ccc(Cl)cc2)c(Cl)cc1OCC(=O)NC(C)(C)C. The van der Waals surface area contributed by atoms with Crippen molar-refractivity contribution in [2.24, 2.45) is 0 Å². The molecule has 0 bridgehead atoms. The first kappa shape index (κ1) is 22.2. The Labute approximate surface area is 176 Å². The first-order chi connectivity index (χ1) is 13.2. The standard InChI is InChI=1S/C21H26Cl2N2O3/c1-5-27-18-10-14(12-24-16-8-6-15(22)7-9-16)17(23)11-19(18)28-13-20(26)25-21(2,3)4/h6-11,24H,5,12-13H2,1-4H3,(H,25,26). The molecule has 28 heavy (non-hydrogen) atoms. The van der Waals surface area contributed by atoms with Crippen molar-refractivity contribution in [3.05, 3.63) is 52.0 Å². The van der Waals surface area contributed by atoms with Gasteiger partial charge in [-0.15, -0.1) is 0 Å². The number of carbonyl (C=O) groups is 1. The van der Waals surface area contributed by atoms with Gasteiger partial charge in [-0.05, 0) is 63.6 Å². The quantitative estimate of drug-likeness (QED) is 0.603. The van der Waals surface area contributed by atoms with Crippen molar-refractivity contribution in [2.45, 2.75) is 39.8 Å². The summed E-state index contributed by atoms with van der Waals surface area (Å²) < 4.78 is 11.3. The predicted molar refractivity (Wildman–Crippen MR) is 115 cm³/mol. The average molecular weight is 425 g/mol. The van der Waals surface area contributed by atoms with Gasteiger partial charge in [-0.1, -0.05) is 23.2 Å². The summed E-state index contributed by atoms with van der Waals surface area (Å²) in [6.07, 6.45) is 0. The number of benzene rings is 2. The van der Waals surface area contributed by atoms with Crippen molar-refractivity contribution in [2.75, 3.05) is 18.5 Å². The fourth-order valence-electron chi connectivity index (χ4n) is 2.46. The second-order valence-corrected chi connectivity index (χ2v) is 8.11. The van der Waals surface area contributed by atoms with Gasteiger partial charge in [0.05, 0.1) is 6.61 Å². The number of anilines is 1. The molecule has 2 aromatic carbocycles. The third-order valence-electron chi connectivity index (χ3n) is 3.61. The molecule has 0 aliphatic heterocycles. The van der Waals surface area contributed by atoms with E-state index in [1.54, 1.807) is 6.07 Å². The monoisotopic (exact) mass is 424 g/mol. The number of ether oxygens (including phenoxy) is 2. The molecule has 2 N–H and O–H groups in total. The third-order valence-corrected chi connectivity index (χ3v) is 4.22. The Hall–Kier alpha value is -2.11. The number of hydrogen-bond donors (Lipinski definition) is 2. The van der Waals surface area contributed by atoms with Gasteiger partial charge in [-0.2, -0.15) is 0 Å². The second-order valence-electron chi connectivity index (χ2n) is 7.27. The summed E-state index contributed by atoms with van der Waals surface area (Å²) in [4.78, 5) is 12.0. The molecule has 7 heteroatoms. The minimum absolute atomic E-state index is 0.115. The number of rotatable bonds is 8. The Morgan fingerprint density at radius 3 is 2.29 bits per heavy atom. The van der Waals surface area contributed by atoms with E-state index < -0.39 is 0 Å². The minimum Gasteiger partial charge on any atom is -0.490 e. The summed E-state index contributed by atoms with van der Waals surface area (Å²) >= 11 is 12.3. The van der Waals surface area contributed by atoms with Crippen molar-refractivity contribution in [1.82, 2.24) is 5.32 Å². The molecule has 0 aliphatic carbocycles. The molecule has 0 heterocycles. The molecular formula is C21H26Cl2N2O3. The van der Waals surface area contributed by atoms with E-state index >= 15 is 0 Å². The van der Waals surface area contributed by atoms with Crippen molar-refractivity contribution < 1.29 is 14.3 Å². The van der Waals surface area contributed by atoms with Crippen LogP contribution in [0.2, 0.25) is 10.0 Å². The van der Waals surface area contributed by atoms with Gasteiger partial charge in [-0.25, -0.2) is 0 Å². The highest BCUT2D eigenvalue weighted by Crippen LogP contribution is 2.34. The smallest absolute Gasteiger partial charge is 0.258 e. The maximum atomic E-state index is 12.0. The minimum atomic E-state index is -0.321. The normalized spacial score (nSPS) is 11.1. The highest BCUT2D eigenvalue weighted by Gasteiger charge is 2.16. The summed E-state index contributed by atoms with van der Waals surface area (Å²) in [7, 11) is 0. The van der Waals surface area contributed by atoms with Crippen LogP contribution in [0.4, 0.5) is 5.69 Å². The molecule has 1 amide bonds. The van der Waals surface area contributed by atoms with E-state index in [0.29, 0.717) is 34.7 Å². The van der Waals surface area contributed by atoms with Crippen LogP contribution in [0, 0.1) is 0 Å². The van der Waals surface area contributed by atoms with E-state index in [-0.39, 0.29) is 18.1 Å². The molecule has 0 saturated carbocycles. The topological polar surface area (TPSA) is 59.6 Å². The van der Waals surface area contributed by atoms with E-state index in [1.165, 1.54) is 0 Å². The maximum absolute atomic E-state index is 12.0. The zero-order valence-corrected chi connectivity index (χ0v) is 18.1. The molecule has 2 aromatic rings. The van der Waals surface area contributed by atoms with Gasteiger partial charge in [0.2, 0.25) is 0 Å². The number of nitrogens with one attached hydrogen (secondary N) is 2. The van der Waals surface area contributed by atoms with Crippen molar-refractivity contribution in [3.63, 3.8) is 0 Å². The maximum Gasteiger partial charge on any atom is 0.258 e. The molecular weight excluding hydrogens is 399 g/mol. The van der Waals surface area contributed by atoms with E-state index in [1.807, 2.05) is 58.0 Å². The van der Waals surface area contributed by atoms with Crippen molar-refractivity contribution in [3.8, 4) is 11.5 Å². The number of hydrogen-bond acceptors (Lipinski definition) is 4. The lowest BCUT2D eigenvalue weighted by atomic mass is 10.1. The predicted octanol–water partition coefficient (Wildman–Crippen LogP) is 5.30. The molecule has 0 aromatic heterocycles. The van der Waals surface area contributed by atoms with Gasteiger partial charge in [-0.3, -0.25) is 4.79 Å². The van der Waals surface area contributed by atoms with E-state index in [2.05, 4.69) is 10.6 Å². The first-order valence-electron chi connectivity index (χ1n) is 9.06. The van der Waals surface area contributed by atoms with Crippen LogP contribution in [-0.4, -0.2) is 24.7 Å². The zero-order chi connectivity index (χ0) is 20.7. The molecule has 0 saturated heterocycles. The Bertz CT molecular complexity index is 803. The highest BCUT2D eigenvalue weighted by atomic mass is 35.5. The Balaban J connectivity index is 2.09. The summed E-state index contributed by atoms with van der Waals surface area (Å²) in [5.41, 5.74) is 1.46. The summed E-state index contributed by atoms with van der Waals surface area (Å²) in [5.74, 6) is 0.772. The van der Waals surface area contributed by atoms with E-state index in [0.717, 1.165) is 11.3 Å². The fraction of sp³-hybridized carbons (Fsp3) is 0.381. The molecule has 0 aliphatic rings. The van der Waals surface area contributed by atoms with Crippen LogP contribution in [0.15, 0.2) is 36.4 Å².